The van der Waals surface area contributed by atoms with E-state index < -0.39 is 17.7 Å². The van der Waals surface area contributed by atoms with Crippen LogP contribution in [0.4, 0.5) is 0 Å². The minimum absolute atomic E-state index is 0.0923. The zero-order chi connectivity index (χ0) is 22.7. The predicted octanol–water partition coefficient (Wildman–Crippen LogP) is 3.71. The lowest BCUT2D eigenvalue weighted by molar-refractivity contribution is -0.139. The van der Waals surface area contributed by atoms with Gasteiger partial charge in [0.1, 0.15) is 11.5 Å². The molecule has 0 bridgehead atoms. The first-order valence-corrected chi connectivity index (χ1v) is 10.4. The van der Waals surface area contributed by atoms with E-state index in [-0.39, 0.29) is 11.3 Å². The molecule has 0 aliphatic carbocycles. The van der Waals surface area contributed by atoms with Crippen molar-refractivity contribution in [1.29, 1.82) is 0 Å². The number of amides is 1. The molecule has 4 rings (SSSR count). The van der Waals surface area contributed by atoms with Gasteiger partial charge in [-0.05, 0) is 31.0 Å². The number of hydrogen-bond acceptors (Lipinski definition) is 5. The molecule has 164 valence electrons. The van der Waals surface area contributed by atoms with Crippen molar-refractivity contribution < 1.29 is 19.4 Å². The molecule has 7 heteroatoms. The highest BCUT2D eigenvalue weighted by Gasteiger charge is 2.45. The number of Topliss-reactive ketones (excluding diaryl/α,β-unsaturated/α-hetero) is 1. The summed E-state index contributed by atoms with van der Waals surface area (Å²) in [6.45, 7) is 3.01. The third-order valence-electron chi connectivity index (χ3n) is 5.65. The lowest BCUT2D eigenvalue weighted by Gasteiger charge is -2.25. The molecule has 1 saturated heterocycles. The second-order valence-corrected chi connectivity index (χ2v) is 7.79. The zero-order valence-corrected chi connectivity index (χ0v) is 18.1. The molecule has 3 aromatic rings. The number of aryl methyl sites for hydroxylation is 2. The number of nitrogens with zero attached hydrogens (tertiary/aromatic N) is 3. The highest BCUT2D eigenvalue weighted by molar-refractivity contribution is 6.46. The average molecular weight is 431 g/mol. The third-order valence-corrected chi connectivity index (χ3v) is 5.65. The third kappa shape index (κ3) is 4.14. The van der Waals surface area contributed by atoms with E-state index in [4.69, 9.17) is 4.74 Å². The molecule has 1 N–H and O–H groups in total. The van der Waals surface area contributed by atoms with Crippen LogP contribution in [0.25, 0.3) is 5.76 Å². The SMILES string of the molecule is COc1cccc(/C(O)=C2\C(=O)C(=O)N(CCCn3ccnc3)[C@H]2c2ccc(C)cc2)c1. The van der Waals surface area contributed by atoms with Crippen molar-refractivity contribution in [3.8, 4) is 5.75 Å². The molecule has 1 aromatic heterocycles. The van der Waals surface area contributed by atoms with Crippen LogP contribution < -0.4 is 4.74 Å². The maximum atomic E-state index is 13.1. The van der Waals surface area contributed by atoms with Gasteiger partial charge in [-0.3, -0.25) is 9.59 Å². The Morgan fingerprint density at radius 1 is 1.12 bits per heavy atom. The van der Waals surface area contributed by atoms with Gasteiger partial charge in [-0.1, -0.05) is 42.0 Å². The molecule has 2 aromatic carbocycles. The number of carbonyl (C=O) groups is 2. The second-order valence-electron chi connectivity index (χ2n) is 7.79. The summed E-state index contributed by atoms with van der Waals surface area (Å²) in [7, 11) is 1.53. The number of carbonyl (C=O) groups excluding carboxylic acids is 2. The van der Waals surface area contributed by atoms with Crippen molar-refractivity contribution in [3.05, 3.63) is 89.5 Å². The molecular weight excluding hydrogens is 406 g/mol. The summed E-state index contributed by atoms with van der Waals surface area (Å²) >= 11 is 0. The van der Waals surface area contributed by atoms with E-state index in [2.05, 4.69) is 4.98 Å². The summed E-state index contributed by atoms with van der Waals surface area (Å²) in [6, 6.07) is 13.8. The summed E-state index contributed by atoms with van der Waals surface area (Å²) < 4.78 is 7.17. The smallest absolute Gasteiger partial charge is 0.295 e. The molecule has 1 fully saturated rings. The first-order chi connectivity index (χ1) is 15.5. The summed E-state index contributed by atoms with van der Waals surface area (Å²) in [5, 5.41) is 11.1. The Balaban J connectivity index is 1.73. The maximum Gasteiger partial charge on any atom is 0.295 e. The number of aromatic nitrogens is 2. The van der Waals surface area contributed by atoms with Crippen LogP contribution >= 0.6 is 0 Å². The van der Waals surface area contributed by atoms with Crippen molar-refractivity contribution in [3.63, 3.8) is 0 Å². The number of benzene rings is 2. The molecule has 1 atom stereocenters. The molecule has 0 radical (unpaired) electrons. The van der Waals surface area contributed by atoms with E-state index in [1.807, 2.05) is 42.0 Å². The molecule has 0 unspecified atom stereocenters. The summed E-state index contributed by atoms with van der Waals surface area (Å²) in [4.78, 5) is 31.7. The first kappa shape index (κ1) is 21.4. The Morgan fingerprint density at radius 3 is 2.59 bits per heavy atom. The van der Waals surface area contributed by atoms with Crippen molar-refractivity contribution in [2.45, 2.75) is 25.9 Å². The molecular formula is C25H25N3O4. The molecule has 0 spiro atoms. The van der Waals surface area contributed by atoms with Crippen LogP contribution in [-0.4, -0.2) is 44.9 Å². The Kier molecular flexibility index (Phi) is 6.07. The molecule has 1 aliphatic rings. The standard InChI is InChI=1S/C25H25N3O4/c1-17-7-9-18(10-8-17)22-21(23(29)19-5-3-6-20(15-19)32-2)24(30)25(31)28(22)13-4-12-27-14-11-26-16-27/h3,5-11,14-16,22,29H,4,12-13H2,1-2H3/b23-21+/t22-/m0/s1. The largest absolute Gasteiger partial charge is 0.507 e. The maximum absolute atomic E-state index is 13.1. The number of likely N-dealkylation sites (tertiary alicyclic amines) is 1. The van der Waals surface area contributed by atoms with Crippen molar-refractivity contribution in [2.24, 2.45) is 0 Å². The van der Waals surface area contributed by atoms with Gasteiger partial charge in [0, 0.05) is 31.0 Å². The fourth-order valence-electron chi connectivity index (χ4n) is 3.97. The Morgan fingerprint density at radius 2 is 1.91 bits per heavy atom. The van der Waals surface area contributed by atoms with Crippen molar-refractivity contribution >= 4 is 17.4 Å². The monoisotopic (exact) mass is 431 g/mol. The van der Waals surface area contributed by atoms with E-state index in [0.717, 1.165) is 11.1 Å². The molecule has 32 heavy (non-hydrogen) atoms. The van der Waals surface area contributed by atoms with E-state index in [9.17, 15) is 14.7 Å². The average Bonchev–Trinajstić information content (AvgIpc) is 3.41. The van der Waals surface area contributed by atoms with E-state index in [1.165, 1.54) is 7.11 Å². The van der Waals surface area contributed by atoms with Crippen molar-refractivity contribution in [1.82, 2.24) is 14.5 Å². The van der Waals surface area contributed by atoms with Gasteiger partial charge in [0.15, 0.2) is 0 Å². The van der Waals surface area contributed by atoms with E-state index >= 15 is 0 Å². The van der Waals surface area contributed by atoms with E-state index in [1.54, 1.807) is 41.7 Å². The number of ether oxygens (including phenoxy) is 1. The van der Waals surface area contributed by atoms with Crippen molar-refractivity contribution in [2.75, 3.05) is 13.7 Å². The number of ketones is 1. The highest BCUT2D eigenvalue weighted by Crippen LogP contribution is 2.39. The predicted molar refractivity (Wildman–Crippen MR) is 120 cm³/mol. The number of aliphatic hydroxyl groups is 1. The van der Waals surface area contributed by atoms with E-state index in [0.29, 0.717) is 30.8 Å². The van der Waals surface area contributed by atoms with Crippen LogP contribution in [0.2, 0.25) is 0 Å². The summed E-state index contributed by atoms with van der Waals surface area (Å²) in [5.74, 6) is -0.940. The quantitative estimate of drug-likeness (QED) is 0.350. The Bertz CT molecular complexity index is 1150. The van der Waals surface area contributed by atoms with Gasteiger partial charge < -0.3 is 19.3 Å². The minimum Gasteiger partial charge on any atom is -0.507 e. The minimum atomic E-state index is -0.682. The summed E-state index contributed by atoms with van der Waals surface area (Å²) in [5.41, 5.74) is 2.37. The van der Waals surface area contributed by atoms with Gasteiger partial charge in [-0.15, -0.1) is 0 Å². The zero-order valence-electron chi connectivity index (χ0n) is 18.1. The lowest BCUT2D eigenvalue weighted by Crippen LogP contribution is -2.31. The molecule has 1 aliphatic heterocycles. The van der Waals surface area contributed by atoms with Gasteiger partial charge in [0.05, 0.1) is 25.1 Å². The van der Waals surface area contributed by atoms with Crippen LogP contribution in [0, 0.1) is 6.92 Å². The van der Waals surface area contributed by atoms with Gasteiger partial charge in [-0.25, -0.2) is 4.98 Å². The topological polar surface area (TPSA) is 84.7 Å². The molecule has 7 nitrogen and oxygen atoms in total. The van der Waals surface area contributed by atoms with Gasteiger partial charge in [0.2, 0.25) is 0 Å². The van der Waals surface area contributed by atoms with Crippen LogP contribution in [0.5, 0.6) is 5.75 Å². The second kappa shape index (κ2) is 9.09. The Hall–Kier alpha value is -3.87. The normalized spacial score (nSPS) is 17.7. The lowest BCUT2D eigenvalue weighted by atomic mass is 9.94. The van der Waals surface area contributed by atoms with Crippen LogP contribution in [0.1, 0.15) is 29.2 Å². The number of hydrogen-bond donors (Lipinski definition) is 1. The van der Waals surface area contributed by atoms with Gasteiger partial charge in [0.25, 0.3) is 11.7 Å². The first-order valence-electron chi connectivity index (χ1n) is 10.4. The van der Waals surface area contributed by atoms with Gasteiger partial charge in [-0.2, -0.15) is 0 Å². The fourth-order valence-corrected chi connectivity index (χ4v) is 3.97. The van der Waals surface area contributed by atoms with Crippen LogP contribution in [0.15, 0.2) is 72.8 Å². The summed E-state index contributed by atoms with van der Waals surface area (Å²) in [6.07, 6.45) is 5.92. The van der Waals surface area contributed by atoms with Crippen LogP contribution in [0.3, 0.4) is 0 Å². The highest BCUT2D eigenvalue weighted by atomic mass is 16.5. The number of aliphatic hydroxyl groups excluding tert-OH is 1. The molecule has 1 amide bonds. The molecule has 2 heterocycles. The van der Waals surface area contributed by atoms with Gasteiger partial charge >= 0.3 is 0 Å². The fraction of sp³-hybridized carbons (Fsp3) is 0.240. The number of methoxy groups -OCH3 is 1. The number of imidazole rings is 1. The Labute approximate surface area is 186 Å². The van der Waals surface area contributed by atoms with Crippen LogP contribution in [-0.2, 0) is 16.1 Å². The number of rotatable bonds is 7. The molecule has 0 saturated carbocycles.